The van der Waals surface area contributed by atoms with Crippen molar-refractivity contribution in [1.29, 1.82) is 0 Å². The van der Waals surface area contributed by atoms with E-state index in [0.29, 0.717) is 0 Å². The molecule has 128 valence electrons. The topological polar surface area (TPSA) is 139 Å². The molecular formula is C14H26N2O6. The normalized spacial score (nSPS) is 27.9. The van der Waals surface area contributed by atoms with Gasteiger partial charge in [-0.3, -0.25) is 0 Å². The van der Waals surface area contributed by atoms with Crippen molar-refractivity contribution in [3.63, 3.8) is 0 Å². The van der Waals surface area contributed by atoms with Crippen LogP contribution in [0.3, 0.4) is 0 Å². The summed E-state index contributed by atoms with van der Waals surface area (Å²) in [7, 11) is 0. The first-order valence-corrected chi connectivity index (χ1v) is 7.72. The quantitative estimate of drug-likeness (QED) is 0.394. The van der Waals surface area contributed by atoms with Crippen LogP contribution >= 0.6 is 0 Å². The van der Waals surface area contributed by atoms with Crippen molar-refractivity contribution in [2.45, 2.75) is 62.8 Å². The fraction of sp³-hybridized carbons (Fsp3) is 0.857. The third-order valence-corrected chi connectivity index (χ3v) is 3.99. The van der Waals surface area contributed by atoms with Crippen molar-refractivity contribution in [2.24, 2.45) is 0 Å². The Hall–Kier alpha value is -1.22. The summed E-state index contributed by atoms with van der Waals surface area (Å²) in [5.41, 5.74) is 0. The van der Waals surface area contributed by atoms with Gasteiger partial charge in [0.2, 0.25) is 0 Å². The Morgan fingerprint density at radius 3 is 1.36 bits per heavy atom. The fourth-order valence-electron chi connectivity index (χ4n) is 2.71. The Morgan fingerprint density at radius 2 is 1.14 bits per heavy atom. The molecule has 2 heterocycles. The molecule has 0 aliphatic carbocycles. The van der Waals surface area contributed by atoms with E-state index >= 15 is 0 Å². The molecule has 0 unspecified atom stereocenters. The molecule has 0 aromatic carbocycles. The SMILES string of the molecule is C1CC[C@H]([C@H]2CCCCN2)NC1.O=C(O)[C@H](O)[C@@H](O)C(=O)O. The Labute approximate surface area is 129 Å². The minimum Gasteiger partial charge on any atom is -0.479 e. The van der Waals surface area contributed by atoms with Crippen molar-refractivity contribution in [3.05, 3.63) is 0 Å². The third kappa shape index (κ3) is 6.27. The summed E-state index contributed by atoms with van der Waals surface area (Å²) >= 11 is 0. The highest BCUT2D eigenvalue weighted by Gasteiger charge is 2.29. The van der Waals surface area contributed by atoms with Crippen LogP contribution in [0.2, 0.25) is 0 Å². The standard InChI is InChI=1S/C10H20N2.C4H6O6/c1-3-7-11-9(5-1)10-6-2-4-8-12-10;5-1(3(7)8)2(6)4(9)10/h9-12H,1-8H2;1-2,5-6H,(H,7,8)(H,9,10)/t9-,10-;1-,2-/m11/s1. The van der Waals surface area contributed by atoms with Crippen LogP contribution in [0.4, 0.5) is 0 Å². The van der Waals surface area contributed by atoms with Crippen LogP contribution in [-0.4, -0.2) is 69.7 Å². The Bertz CT molecular complexity index is 319. The zero-order chi connectivity index (χ0) is 16.5. The van der Waals surface area contributed by atoms with Gasteiger partial charge in [-0.15, -0.1) is 0 Å². The summed E-state index contributed by atoms with van der Waals surface area (Å²) in [5.74, 6) is -3.54. The van der Waals surface area contributed by atoms with Gasteiger partial charge in [0.1, 0.15) is 0 Å². The van der Waals surface area contributed by atoms with E-state index in [1.165, 1.54) is 51.6 Å². The van der Waals surface area contributed by atoms with Gasteiger partial charge < -0.3 is 31.1 Å². The third-order valence-electron chi connectivity index (χ3n) is 3.99. The number of carboxylic acid groups (broad SMARTS) is 2. The number of aliphatic carboxylic acids is 2. The molecule has 4 atom stereocenters. The predicted molar refractivity (Wildman–Crippen MR) is 78.6 cm³/mol. The fourth-order valence-corrected chi connectivity index (χ4v) is 2.71. The van der Waals surface area contributed by atoms with Gasteiger partial charge >= 0.3 is 11.9 Å². The molecule has 0 saturated carbocycles. The second kappa shape index (κ2) is 9.73. The lowest BCUT2D eigenvalue weighted by Crippen LogP contribution is -2.51. The maximum absolute atomic E-state index is 9.77. The molecule has 0 radical (unpaired) electrons. The number of nitrogens with one attached hydrogen (secondary N) is 2. The van der Waals surface area contributed by atoms with E-state index in [-0.39, 0.29) is 0 Å². The largest absolute Gasteiger partial charge is 0.479 e. The van der Waals surface area contributed by atoms with Gasteiger partial charge in [0, 0.05) is 12.1 Å². The summed E-state index contributed by atoms with van der Waals surface area (Å²) in [5, 5.41) is 39.8. The monoisotopic (exact) mass is 318 g/mol. The van der Waals surface area contributed by atoms with E-state index < -0.39 is 24.1 Å². The summed E-state index contributed by atoms with van der Waals surface area (Å²) in [4.78, 5) is 19.5. The van der Waals surface area contributed by atoms with E-state index in [9.17, 15) is 9.59 Å². The summed E-state index contributed by atoms with van der Waals surface area (Å²) < 4.78 is 0. The average molecular weight is 318 g/mol. The first-order valence-electron chi connectivity index (χ1n) is 7.72. The minimum atomic E-state index is -2.27. The molecule has 2 fully saturated rings. The first-order chi connectivity index (χ1) is 10.4. The van der Waals surface area contributed by atoms with E-state index in [0.717, 1.165) is 12.1 Å². The van der Waals surface area contributed by atoms with Crippen LogP contribution in [0.15, 0.2) is 0 Å². The van der Waals surface area contributed by atoms with Gasteiger partial charge in [-0.05, 0) is 38.8 Å². The molecule has 8 nitrogen and oxygen atoms in total. The zero-order valence-electron chi connectivity index (χ0n) is 12.6. The predicted octanol–water partition coefficient (Wildman–Crippen LogP) is -0.852. The highest BCUT2D eigenvalue weighted by atomic mass is 16.4. The number of rotatable bonds is 4. The smallest absolute Gasteiger partial charge is 0.335 e. The van der Waals surface area contributed by atoms with Gasteiger partial charge in [0.05, 0.1) is 0 Å². The van der Waals surface area contributed by atoms with Crippen LogP contribution in [-0.2, 0) is 9.59 Å². The lowest BCUT2D eigenvalue weighted by Gasteiger charge is -2.34. The molecule has 0 bridgehead atoms. The van der Waals surface area contributed by atoms with Gasteiger partial charge in [0.25, 0.3) is 0 Å². The maximum Gasteiger partial charge on any atom is 0.335 e. The Balaban J connectivity index is 0.000000225. The number of carbonyl (C=O) groups is 2. The molecule has 6 N–H and O–H groups in total. The molecule has 8 heteroatoms. The molecule has 0 aromatic heterocycles. The summed E-state index contributed by atoms with van der Waals surface area (Å²) in [6.07, 6.45) is 3.85. The highest BCUT2D eigenvalue weighted by Crippen LogP contribution is 2.17. The number of hydrogen-bond donors (Lipinski definition) is 6. The molecule has 22 heavy (non-hydrogen) atoms. The molecule has 0 amide bonds. The Morgan fingerprint density at radius 1 is 0.773 bits per heavy atom. The molecule has 2 aliphatic heterocycles. The van der Waals surface area contributed by atoms with Gasteiger partial charge in [0.15, 0.2) is 12.2 Å². The molecule has 2 aliphatic rings. The van der Waals surface area contributed by atoms with Crippen molar-refractivity contribution < 1.29 is 30.0 Å². The average Bonchev–Trinajstić information content (AvgIpc) is 2.55. The lowest BCUT2D eigenvalue weighted by molar-refractivity contribution is -0.165. The van der Waals surface area contributed by atoms with Crippen LogP contribution in [0.25, 0.3) is 0 Å². The lowest BCUT2D eigenvalue weighted by atomic mass is 9.92. The number of carboxylic acids is 2. The second-order valence-corrected chi connectivity index (χ2v) is 5.68. The van der Waals surface area contributed by atoms with Crippen LogP contribution in [0.5, 0.6) is 0 Å². The highest BCUT2D eigenvalue weighted by molar-refractivity contribution is 5.83. The molecule has 0 spiro atoms. The van der Waals surface area contributed by atoms with Crippen LogP contribution < -0.4 is 10.6 Å². The number of hydrogen-bond acceptors (Lipinski definition) is 6. The number of aliphatic hydroxyl groups is 2. The molecule has 2 saturated heterocycles. The van der Waals surface area contributed by atoms with E-state index in [2.05, 4.69) is 10.6 Å². The van der Waals surface area contributed by atoms with Crippen molar-refractivity contribution >= 4 is 11.9 Å². The van der Waals surface area contributed by atoms with Crippen LogP contribution in [0.1, 0.15) is 38.5 Å². The zero-order valence-corrected chi connectivity index (χ0v) is 12.6. The first kappa shape index (κ1) is 18.8. The number of piperidine rings is 2. The van der Waals surface area contributed by atoms with E-state index in [1.54, 1.807) is 0 Å². The van der Waals surface area contributed by atoms with Crippen molar-refractivity contribution in [1.82, 2.24) is 10.6 Å². The van der Waals surface area contributed by atoms with Gasteiger partial charge in [-0.1, -0.05) is 12.8 Å². The van der Waals surface area contributed by atoms with Gasteiger partial charge in [-0.2, -0.15) is 0 Å². The van der Waals surface area contributed by atoms with Crippen molar-refractivity contribution in [2.75, 3.05) is 13.1 Å². The van der Waals surface area contributed by atoms with Crippen LogP contribution in [0, 0.1) is 0 Å². The summed E-state index contributed by atoms with van der Waals surface area (Å²) in [6.45, 7) is 2.48. The molecular weight excluding hydrogens is 292 g/mol. The maximum atomic E-state index is 9.77. The second-order valence-electron chi connectivity index (χ2n) is 5.68. The number of aliphatic hydroxyl groups excluding tert-OH is 2. The minimum absolute atomic E-state index is 0.777. The molecule has 0 aromatic rings. The van der Waals surface area contributed by atoms with E-state index in [4.69, 9.17) is 20.4 Å². The van der Waals surface area contributed by atoms with E-state index in [1.807, 2.05) is 0 Å². The summed E-state index contributed by atoms with van der Waals surface area (Å²) in [6, 6.07) is 1.55. The van der Waals surface area contributed by atoms with Gasteiger partial charge in [-0.25, -0.2) is 9.59 Å². The molecule has 2 rings (SSSR count). The van der Waals surface area contributed by atoms with Crippen molar-refractivity contribution in [3.8, 4) is 0 Å². The Kier molecular flexibility index (Phi) is 8.32.